The molecule has 8 heteroatoms. The van der Waals surface area contributed by atoms with Crippen LogP contribution in [-0.4, -0.2) is 28.9 Å². The molecule has 1 atom stereocenters. The van der Waals surface area contributed by atoms with Crippen LogP contribution in [0.1, 0.15) is 0 Å². The number of carbonyl (C=O) groups excluding carboxylic acids is 1. The highest BCUT2D eigenvalue weighted by atomic mass is 35.5. The predicted molar refractivity (Wildman–Crippen MR) is 89.7 cm³/mol. The number of anilines is 1. The van der Waals surface area contributed by atoms with Crippen LogP contribution in [0.3, 0.4) is 0 Å². The third kappa shape index (κ3) is 3.14. The van der Waals surface area contributed by atoms with Gasteiger partial charge in [-0.2, -0.15) is 0 Å². The van der Waals surface area contributed by atoms with Crippen LogP contribution < -0.4 is 14.8 Å². The number of benzene rings is 2. The second-order valence-electron chi connectivity index (χ2n) is 5.32. The number of hydrogen-bond donors (Lipinski definition) is 1. The minimum absolute atomic E-state index is 0.102. The van der Waals surface area contributed by atoms with E-state index in [1.54, 1.807) is 36.4 Å². The first-order valence-electron chi connectivity index (χ1n) is 7.48. The number of hydrogen-bond acceptors (Lipinski definition) is 6. The van der Waals surface area contributed by atoms with Gasteiger partial charge in [-0.25, -0.2) is 4.63 Å². The van der Waals surface area contributed by atoms with Crippen LogP contribution in [0.4, 0.5) is 5.82 Å². The van der Waals surface area contributed by atoms with Crippen LogP contribution >= 0.6 is 11.6 Å². The van der Waals surface area contributed by atoms with Crippen molar-refractivity contribution >= 4 is 23.3 Å². The maximum Gasteiger partial charge on any atom is 0.270 e. The van der Waals surface area contributed by atoms with Gasteiger partial charge >= 0.3 is 0 Å². The summed E-state index contributed by atoms with van der Waals surface area (Å²) in [6, 6.07) is 14.1. The molecule has 1 aliphatic heterocycles. The standard InChI is InChI=1S/C17H12ClN3O4/c18-11-7-5-10(6-8-11)15-16(21-25-20-15)19-17(22)14-9-23-12-3-1-2-4-13(12)24-14/h1-8,14H,9H2,(H,19,21,22). The van der Waals surface area contributed by atoms with E-state index in [4.69, 9.17) is 25.7 Å². The van der Waals surface area contributed by atoms with Crippen molar-refractivity contribution in [2.75, 3.05) is 11.9 Å². The molecule has 0 fully saturated rings. The van der Waals surface area contributed by atoms with Crippen LogP contribution in [0, 0.1) is 0 Å². The summed E-state index contributed by atoms with van der Waals surface area (Å²) in [6.45, 7) is 0.102. The molecule has 0 spiro atoms. The van der Waals surface area contributed by atoms with Crippen LogP contribution in [0.15, 0.2) is 53.2 Å². The van der Waals surface area contributed by atoms with Crippen LogP contribution in [0.25, 0.3) is 11.3 Å². The molecule has 126 valence electrons. The Bertz CT molecular complexity index is 910. The molecule has 25 heavy (non-hydrogen) atoms. The molecule has 4 rings (SSSR count). The molecule has 1 aliphatic rings. The first-order chi connectivity index (χ1) is 12.2. The van der Waals surface area contributed by atoms with E-state index >= 15 is 0 Å². The van der Waals surface area contributed by atoms with Gasteiger partial charge in [0.1, 0.15) is 6.61 Å². The quantitative estimate of drug-likeness (QED) is 0.774. The summed E-state index contributed by atoms with van der Waals surface area (Å²) >= 11 is 5.88. The lowest BCUT2D eigenvalue weighted by atomic mass is 10.1. The number of para-hydroxylation sites is 2. The number of fused-ring (bicyclic) bond motifs is 1. The molecule has 0 aliphatic carbocycles. The number of ether oxygens (including phenoxy) is 2. The molecule has 2 aromatic carbocycles. The molecule has 7 nitrogen and oxygen atoms in total. The van der Waals surface area contributed by atoms with Gasteiger partial charge in [0.15, 0.2) is 17.2 Å². The van der Waals surface area contributed by atoms with Crippen molar-refractivity contribution in [3.05, 3.63) is 53.6 Å². The number of halogens is 1. The Labute approximate surface area is 147 Å². The zero-order valence-corrected chi connectivity index (χ0v) is 13.6. The van der Waals surface area contributed by atoms with E-state index in [-0.39, 0.29) is 12.4 Å². The SMILES string of the molecule is O=C(Nc1nonc1-c1ccc(Cl)cc1)C1COc2ccccc2O1. The van der Waals surface area contributed by atoms with Crippen LogP contribution in [-0.2, 0) is 4.79 Å². The van der Waals surface area contributed by atoms with E-state index in [9.17, 15) is 4.79 Å². The van der Waals surface area contributed by atoms with Gasteiger partial charge in [0.05, 0.1) is 0 Å². The summed E-state index contributed by atoms with van der Waals surface area (Å²) in [5.74, 6) is 0.928. The summed E-state index contributed by atoms with van der Waals surface area (Å²) in [5, 5.41) is 10.8. The largest absolute Gasteiger partial charge is 0.485 e. The van der Waals surface area contributed by atoms with Gasteiger partial charge in [0.25, 0.3) is 5.91 Å². The lowest BCUT2D eigenvalue weighted by Crippen LogP contribution is -2.40. The third-order valence-corrected chi connectivity index (χ3v) is 3.90. The van der Waals surface area contributed by atoms with Crippen molar-refractivity contribution in [3.63, 3.8) is 0 Å². The smallest absolute Gasteiger partial charge is 0.270 e. The van der Waals surface area contributed by atoms with E-state index in [1.165, 1.54) is 0 Å². The van der Waals surface area contributed by atoms with Crippen molar-refractivity contribution in [3.8, 4) is 22.8 Å². The van der Waals surface area contributed by atoms with Gasteiger partial charge < -0.3 is 14.8 Å². The van der Waals surface area contributed by atoms with E-state index in [0.717, 1.165) is 0 Å². The highest BCUT2D eigenvalue weighted by Gasteiger charge is 2.29. The molecule has 1 unspecified atom stereocenters. The molecular weight excluding hydrogens is 346 g/mol. The molecule has 1 aromatic heterocycles. The first-order valence-corrected chi connectivity index (χ1v) is 7.86. The Morgan fingerprint density at radius 1 is 1.08 bits per heavy atom. The zero-order chi connectivity index (χ0) is 17.2. The average Bonchev–Trinajstić information content (AvgIpc) is 3.10. The van der Waals surface area contributed by atoms with Crippen LogP contribution in [0.5, 0.6) is 11.5 Å². The summed E-state index contributed by atoms with van der Waals surface area (Å²) in [7, 11) is 0. The fourth-order valence-electron chi connectivity index (χ4n) is 2.41. The van der Waals surface area contributed by atoms with Gasteiger partial charge in [-0.3, -0.25) is 4.79 Å². The van der Waals surface area contributed by atoms with E-state index < -0.39 is 12.0 Å². The highest BCUT2D eigenvalue weighted by molar-refractivity contribution is 6.30. The van der Waals surface area contributed by atoms with Crippen molar-refractivity contribution < 1.29 is 18.9 Å². The predicted octanol–water partition coefficient (Wildman–Crippen LogP) is 3.17. The van der Waals surface area contributed by atoms with Gasteiger partial charge in [-0.1, -0.05) is 35.9 Å². The number of nitrogens with zero attached hydrogens (tertiary/aromatic N) is 2. The third-order valence-electron chi connectivity index (χ3n) is 3.65. The summed E-state index contributed by atoms with van der Waals surface area (Å²) in [4.78, 5) is 12.5. The average molecular weight is 358 g/mol. The Hall–Kier alpha value is -3.06. The topological polar surface area (TPSA) is 86.5 Å². The maximum absolute atomic E-state index is 12.5. The number of rotatable bonds is 3. The first kappa shape index (κ1) is 15.5. The van der Waals surface area contributed by atoms with Gasteiger partial charge in [-0.15, -0.1) is 0 Å². The summed E-state index contributed by atoms with van der Waals surface area (Å²) < 4.78 is 16.0. The molecule has 0 radical (unpaired) electrons. The Kier molecular flexibility index (Phi) is 3.99. The normalized spacial score (nSPS) is 15.6. The van der Waals surface area contributed by atoms with Gasteiger partial charge in [-0.05, 0) is 34.6 Å². The highest BCUT2D eigenvalue weighted by Crippen LogP contribution is 2.31. The van der Waals surface area contributed by atoms with Crippen molar-refractivity contribution in [1.82, 2.24) is 10.3 Å². The van der Waals surface area contributed by atoms with E-state index in [2.05, 4.69) is 15.6 Å². The number of amides is 1. The fourth-order valence-corrected chi connectivity index (χ4v) is 2.54. The van der Waals surface area contributed by atoms with Crippen molar-refractivity contribution in [2.24, 2.45) is 0 Å². The molecule has 0 saturated carbocycles. The summed E-state index contributed by atoms with van der Waals surface area (Å²) in [6.07, 6.45) is -0.801. The lowest BCUT2D eigenvalue weighted by Gasteiger charge is -2.25. The fraction of sp³-hybridized carbons (Fsp3) is 0.118. The maximum atomic E-state index is 12.5. The second-order valence-corrected chi connectivity index (χ2v) is 5.76. The number of nitrogens with one attached hydrogen (secondary N) is 1. The molecule has 0 bridgehead atoms. The zero-order valence-electron chi connectivity index (χ0n) is 12.8. The Morgan fingerprint density at radius 2 is 1.84 bits per heavy atom. The second kappa shape index (κ2) is 6.45. The Morgan fingerprint density at radius 3 is 2.64 bits per heavy atom. The van der Waals surface area contributed by atoms with Crippen molar-refractivity contribution in [2.45, 2.75) is 6.10 Å². The minimum atomic E-state index is -0.801. The number of aromatic nitrogens is 2. The van der Waals surface area contributed by atoms with Gasteiger partial charge in [0.2, 0.25) is 11.9 Å². The Balaban J connectivity index is 1.51. The molecular formula is C17H12ClN3O4. The monoisotopic (exact) mass is 357 g/mol. The molecule has 2 heterocycles. The molecule has 0 saturated heterocycles. The van der Waals surface area contributed by atoms with Crippen molar-refractivity contribution in [1.29, 1.82) is 0 Å². The summed E-state index contributed by atoms with van der Waals surface area (Å²) in [5.41, 5.74) is 1.12. The molecule has 1 amide bonds. The minimum Gasteiger partial charge on any atom is -0.485 e. The van der Waals surface area contributed by atoms with Gasteiger partial charge in [0, 0.05) is 10.6 Å². The molecule has 3 aromatic rings. The number of carbonyl (C=O) groups is 1. The van der Waals surface area contributed by atoms with E-state index in [0.29, 0.717) is 27.8 Å². The van der Waals surface area contributed by atoms with E-state index in [1.807, 2.05) is 12.1 Å². The lowest BCUT2D eigenvalue weighted by molar-refractivity contribution is -0.125. The molecule has 1 N–H and O–H groups in total. The van der Waals surface area contributed by atoms with Crippen LogP contribution in [0.2, 0.25) is 5.02 Å².